The van der Waals surface area contributed by atoms with Gasteiger partial charge in [-0.2, -0.15) is 0 Å². The molecule has 0 aliphatic heterocycles. The minimum Gasteiger partial charge on any atom is -0.384 e. The third-order valence-corrected chi connectivity index (χ3v) is 4.51. The maximum absolute atomic E-state index is 12.8. The molecule has 0 radical (unpaired) electrons. The first-order valence-electron chi connectivity index (χ1n) is 8.31. The topological polar surface area (TPSA) is 41.6 Å². The molecule has 4 heteroatoms. The van der Waals surface area contributed by atoms with Gasteiger partial charge in [-0.15, -0.1) is 0 Å². The summed E-state index contributed by atoms with van der Waals surface area (Å²) in [5.74, 6) is 0.153. The number of para-hydroxylation sites is 1. The third-order valence-electron chi connectivity index (χ3n) is 4.51. The molecule has 22 heavy (non-hydrogen) atoms. The number of carbonyl (C=O) groups excluding carboxylic acids is 1. The molecule has 0 aromatic heterocycles. The van der Waals surface area contributed by atoms with Crippen LogP contribution in [-0.2, 0) is 9.53 Å². The van der Waals surface area contributed by atoms with Gasteiger partial charge < -0.3 is 15.0 Å². The van der Waals surface area contributed by atoms with Crippen LogP contribution in [0, 0.1) is 0 Å². The molecule has 1 aromatic rings. The number of anilines is 1. The molecule has 0 saturated heterocycles. The fraction of sp³-hybridized carbons (Fsp3) is 0.611. The Morgan fingerprint density at radius 2 is 1.95 bits per heavy atom. The monoisotopic (exact) mass is 304 g/mol. The van der Waals surface area contributed by atoms with E-state index in [1.807, 2.05) is 42.3 Å². The van der Waals surface area contributed by atoms with Gasteiger partial charge in [-0.3, -0.25) is 4.79 Å². The van der Waals surface area contributed by atoms with Gasteiger partial charge in [-0.25, -0.2) is 0 Å². The van der Waals surface area contributed by atoms with Gasteiger partial charge in [0, 0.05) is 18.8 Å². The van der Waals surface area contributed by atoms with Crippen molar-refractivity contribution < 1.29 is 9.53 Å². The van der Waals surface area contributed by atoms with Crippen LogP contribution in [0.4, 0.5) is 5.69 Å². The highest BCUT2D eigenvalue weighted by Gasteiger charge is 2.31. The van der Waals surface area contributed by atoms with E-state index < -0.39 is 0 Å². The van der Waals surface area contributed by atoms with E-state index in [4.69, 9.17) is 4.74 Å². The average molecular weight is 304 g/mol. The maximum atomic E-state index is 12.8. The average Bonchev–Trinajstić information content (AvgIpc) is 2.79. The van der Waals surface area contributed by atoms with Crippen LogP contribution >= 0.6 is 0 Å². The number of hydrogen-bond donors (Lipinski definition) is 1. The smallest absolute Gasteiger partial charge is 0.229 e. The van der Waals surface area contributed by atoms with Crippen LogP contribution in [0.1, 0.15) is 38.5 Å². The van der Waals surface area contributed by atoms with Crippen molar-refractivity contribution in [2.45, 2.75) is 50.6 Å². The second-order valence-electron chi connectivity index (χ2n) is 5.94. The van der Waals surface area contributed by atoms with E-state index in [2.05, 4.69) is 5.32 Å². The first-order chi connectivity index (χ1) is 10.8. The number of nitrogens with one attached hydrogen (secondary N) is 1. The SMILES string of the molecule is CNC1CCCCCC1N(C(=O)CCOC)c1ccccc1. The highest BCUT2D eigenvalue weighted by atomic mass is 16.5. The standard InChI is InChI=1S/C18H28N2O2/c1-19-16-11-7-4-8-12-17(16)20(18(21)13-14-22-2)15-9-5-3-6-10-15/h3,5-6,9-10,16-17,19H,4,7-8,11-14H2,1-2H3. The van der Waals surface area contributed by atoms with E-state index >= 15 is 0 Å². The van der Waals surface area contributed by atoms with Crippen molar-refractivity contribution in [3.05, 3.63) is 30.3 Å². The van der Waals surface area contributed by atoms with E-state index in [-0.39, 0.29) is 11.9 Å². The van der Waals surface area contributed by atoms with E-state index in [1.165, 1.54) is 19.3 Å². The molecule has 1 aliphatic rings. The normalized spacial score (nSPS) is 22.1. The summed E-state index contributed by atoms with van der Waals surface area (Å²) in [4.78, 5) is 14.8. The Hall–Kier alpha value is -1.39. The number of carbonyl (C=O) groups is 1. The third kappa shape index (κ3) is 4.31. The summed E-state index contributed by atoms with van der Waals surface area (Å²) in [6.45, 7) is 0.471. The molecule has 122 valence electrons. The predicted octanol–water partition coefficient (Wildman–Crippen LogP) is 2.98. The number of rotatable bonds is 6. The molecule has 1 fully saturated rings. The Kier molecular flexibility index (Phi) is 6.87. The van der Waals surface area contributed by atoms with Crippen molar-refractivity contribution in [2.24, 2.45) is 0 Å². The van der Waals surface area contributed by atoms with Gasteiger partial charge in [-0.05, 0) is 32.0 Å². The highest BCUT2D eigenvalue weighted by Crippen LogP contribution is 2.27. The molecule has 2 atom stereocenters. The molecule has 2 rings (SSSR count). The lowest BCUT2D eigenvalue weighted by Crippen LogP contribution is -2.51. The summed E-state index contributed by atoms with van der Waals surface area (Å²) in [5.41, 5.74) is 0.996. The zero-order valence-corrected chi connectivity index (χ0v) is 13.8. The lowest BCUT2D eigenvalue weighted by molar-refractivity contribution is -0.120. The largest absolute Gasteiger partial charge is 0.384 e. The van der Waals surface area contributed by atoms with Crippen LogP contribution in [0.25, 0.3) is 0 Å². The van der Waals surface area contributed by atoms with Gasteiger partial charge >= 0.3 is 0 Å². The number of nitrogens with zero attached hydrogens (tertiary/aromatic N) is 1. The van der Waals surface area contributed by atoms with Crippen molar-refractivity contribution in [2.75, 3.05) is 25.7 Å². The Bertz CT molecular complexity index is 450. The van der Waals surface area contributed by atoms with Gasteiger partial charge in [-0.1, -0.05) is 37.5 Å². The number of hydrogen-bond acceptors (Lipinski definition) is 3. The van der Waals surface area contributed by atoms with Crippen LogP contribution in [0.5, 0.6) is 0 Å². The minimum absolute atomic E-state index is 0.153. The Morgan fingerprint density at radius 1 is 1.23 bits per heavy atom. The summed E-state index contributed by atoms with van der Waals surface area (Å²) >= 11 is 0. The van der Waals surface area contributed by atoms with Crippen LogP contribution in [0.3, 0.4) is 0 Å². The number of benzene rings is 1. The van der Waals surface area contributed by atoms with Crippen LogP contribution < -0.4 is 10.2 Å². The maximum Gasteiger partial charge on any atom is 0.229 e. The first-order valence-corrected chi connectivity index (χ1v) is 8.31. The highest BCUT2D eigenvalue weighted by molar-refractivity contribution is 5.94. The second kappa shape index (κ2) is 8.91. The summed E-state index contributed by atoms with van der Waals surface area (Å²) in [7, 11) is 3.65. The molecule has 0 heterocycles. The predicted molar refractivity (Wildman–Crippen MR) is 90.1 cm³/mol. The fourth-order valence-electron chi connectivity index (χ4n) is 3.35. The van der Waals surface area contributed by atoms with Crippen LogP contribution in [0.2, 0.25) is 0 Å². The molecule has 4 nitrogen and oxygen atoms in total. The molecule has 1 amide bonds. The molecule has 1 saturated carbocycles. The molecule has 1 aliphatic carbocycles. The molecule has 1 N–H and O–H groups in total. The van der Waals surface area contributed by atoms with Gasteiger partial charge in [0.2, 0.25) is 5.91 Å². The second-order valence-corrected chi connectivity index (χ2v) is 5.94. The zero-order valence-electron chi connectivity index (χ0n) is 13.8. The number of likely N-dealkylation sites (N-methyl/N-ethyl adjacent to an activating group) is 1. The van der Waals surface area contributed by atoms with Crippen molar-refractivity contribution in [1.29, 1.82) is 0 Å². The lowest BCUT2D eigenvalue weighted by Gasteiger charge is -2.36. The van der Waals surface area contributed by atoms with Gasteiger partial charge in [0.05, 0.1) is 19.1 Å². The van der Waals surface area contributed by atoms with Crippen molar-refractivity contribution >= 4 is 11.6 Å². The summed E-state index contributed by atoms with van der Waals surface area (Å²) in [6, 6.07) is 10.6. The van der Waals surface area contributed by atoms with E-state index in [0.717, 1.165) is 18.5 Å². The number of amides is 1. The fourth-order valence-corrected chi connectivity index (χ4v) is 3.35. The summed E-state index contributed by atoms with van der Waals surface area (Å²) in [5, 5.41) is 3.43. The Labute approximate surface area is 133 Å². The summed E-state index contributed by atoms with van der Waals surface area (Å²) in [6.07, 6.45) is 6.28. The Balaban J connectivity index is 2.27. The number of ether oxygens (including phenoxy) is 1. The van der Waals surface area contributed by atoms with E-state index in [0.29, 0.717) is 19.1 Å². The van der Waals surface area contributed by atoms with Crippen molar-refractivity contribution in [1.82, 2.24) is 5.32 Å². The molecule has 0 bridgehead atoms. The molecule has 2 unspecified atom stereocenters. The van der Waals surface area contributed by atoms with Crippen LogP contribution in [-0.4, -0.2) is 38.8 Å². The van der Waals surface area contributed by atoms with Gasteiger partial charge in [0.1, 0.15) is 0 Å². The van der Waals surface area contributed by atoms with Crippen molar-refractivity contribution in [3.8, 4) is 0 Å². The molecular formula is C18H28N2O2. The van der Waals surface area contributed by atoms with Crippen molar-refractivity contribution in [3.63, 3.8) is 0 Å². The van der Waals surface area contributed by atoms with Gasteiger partial charge in [0.15, 0.2) is 0 Å². The van der Waals surface area contributed by atoms with Gasteiger partial charge in [0.25, 0.3) is 0 Å². The summed E-state index contributed by atoms with van der Waals surface area (Å²) < 4.78 is 5.10. The molecule has 1 aromatic carbocycles. The first kappa shape index (κ1) is 17.0. The minimum atomic E-state index is 0.153. The Morgan fingerprint density at radius 3 is 2.64 bits per heavy atom. The molecular weight excluding hydrogens is 276 g/mol. The van der Waals surface area contributed by atoms with E-state index in [9.17, 15) is 4.79 Å². The lowest BCUT2D eigenvalue weighted by atomic mass is 10.00. The zero-order chi connectivity index (χ0) is 15.8. The molecule has 0 spiro atoms. The van der Waals surface area contributed by atoms with E-state index in [1.54, 1.807) is 7.11 Å². The number of methoxy groups -OCH3 is 1. The quantitative estimate of drug-likeness (QED) is 0.822. The van der Waals surface area contributed by atoms with Crippen LogP contribution in [0.15, 0.2) is 30.3 Å².